The van der Waals surface area contributed by atoms with Crippen LogP contribution in [-0.2, 0) is 15.2 Å². The standard InChI is InChI=1S/C23H16BrNO3/c24-19-20(16-10-4-1-5-11-16)25(18-14-8-3-9-15-18)22(27)23(28,21(19)26)17-12-6-2-7-13-17/h1-15,28H. The monoisotopic (exact) mass is 433 g/mol. The molecular formula is C23H16BrNO3. The largest absolute Gasteiger partial charge is 0.369 e. The van der Waals surface area contributed by atoms with E-state index in [-0.39, 0.29) is 10.0 Å². The van der Waals surface area contributed by atoms with Crippen molar-refractivity contribution in [1.29, 1.82) is 0 Å². The second-order valence-electron chi connectivity index (χ2n) is 6.41. The molecule has 1 amide bonds. The predicted molar refractivity (Wildman–Crippen MR) is 112 cm³/mol. The Morgan fingerprint density at radius 1 is 0.750 bits per heavy atom. The number of benzene rings is 3. The van der Waals surface area contributed by atoms with Crippen LogP contribution in [0.1, 0.15) is 11.1 Å². The summed E-state index contributed by atoms with van der Waals surface area (Å²) in [4.78, 5) is 28.2. The lowest BCUT2D eigenvalue weighted by Gasteiger charge is -2.38. The predicted octanol–water partition coefficient (Wildman–Crippen LogP) is 4.25. The van der Waals surface area contributed by atoms with E-state index in [2.05, 4.69) is 15.9 Å². The molecule has 0 aliphatic carbocycles. The van der Waals surface area contributed by atoms with Gasteiger partial charge in [0.15, 0.2) is 0 Å². The summed E-state index contributed by atoms with van der Waals surface area (Å²) in [6.45, 7) is 0. The first-order valence-electron chi connectivity index (χ1n) is 8.72. The summed E-state index contributed by atoms with van der Waals surface area (Å²) < 4.78 is 0.147. The van der Waals surface area contributed by atoms with E-state index < -0.39 is 17.3 Å². The van der Waals surface area contributed by atoms with E-state index in [1.54, 1.807) is 54.6 Å². The Labute approximate surface area is 170 Å². The molecule has 4 nitrogen and oxygen atoms in total. The van der Waals surface area contributed by atoms with Crippen LogP contribution in [0.15, 0.2) is 95.5 Å². The van der Waals surface area contributed by atoms with Gasteiger partial charge in [-0.3, -0.25) is 14.5 Å². The summed E-state index contributed by atoms with van der Waals surface area (Å²) in [6, 6.07) is 26.4. The molecule has 1 N–H and O–H groups in total. The van der Waals surface area contributed by atoms with Gasteiger partial charge < -0.3 is 5.11 Å². The van der Waals surface area contributed by atoms with E-state index in [1.807, 2.05) is 36.4 Å². The van der Waals surface area contributed by atoms with Crippen molar-refractivity contribution in [2.45, 2.75) is 5.60 Å². The number of nitrogens with zero attached hydrogens (tertiary/aromatic N) is 1. The van der Waals surface area contributed by atoms with Crippen LogP contribution in [0.3, 0.4) is 0 Å². The van der Waals surface area contributed by atoms with E-state index in [4.69, 9.17) is 0 Å². The maximum Gasteiger partial charge on any atom is 0.276 e. The van der Waals surface area contributed by atoms with E-state index in [0.29, 0.717) is 16.9 Å². The fourth-order valence-corrected chi connectivity index (χ4v) is 4.03. The molecule has 28 heavy (non-hydrogen) atoms. The van der Waals surface area contributed by atoms with Gasteiger partial charge in [0.2, 0.25) is 11.4 Å². The number of aliphatic hydroxyl groups is 1. The van der Waals surface area contributed by atoms with Crippen LogP contribution in [-0.4, -0.2) is 16.8 Å². The highest BCUT2D eigenvalue weighted by atomic mass is 79.9. The van der Waals surface area contributed by atoms with Gasteiger partial charge in [0.1, 0.15) is 0 Å². The number of ketones is 1. The van der Waals surface area contributed by atoms with E-state index in [0.717, 1.165) is 0 Å². The lowest BCUT2D eigenvalue weighted by Crippen LogP contribution is -2.55. The van der Waals surface area contributed by atoms with Crippen molar-refractivity contribution < 1.29 is 14.7 Å². The molecule has 3 aromatic carbocycles. The molecule has 0 saturated carbocycles. The van der Waals surface area contributed by atoms with Gasteiger partial charge in [-0.25, -0.2) is 0 Å². The first-order chi connectivity index (χ1) is 13.5. The van der Waals surface area contributed by atoms with Crippen LogP contribution in [0.25, 0.3) is 5.70 Å². The molecule has 0 saturated heterocycles. The molecule has 0 bridgehead atoms. The summed E-state index contributed by atoms with van der Waals surface area (Å²) in [5.41, 5.74) is -0.425. The number of rotatable bonds is 3. The third kappa shape index (κ3) is 2.80. The minimum atomic E-state index is -2.31. The van der Waals surface area contributed by atoms with E-state index in [1.165, 1.54) is 4.90 Å². The van der Waals surface area contributed by atoms with Crippen LogP contribution in [0.5, 0.6) is 0 Å². The van der Waals surface area contributed by atoms with Gasteiger partial charge in [-0.15, -0.1) is 0 Å². The molecular weight excluding hydrogens is 418 g/mol. The van der Waals surface area contributed by atoms with Crippen molar-refractivity contribution in [2.75, 3.05) is 4.90 Å². The summed E-state index contributed by atoms with van der Waals surface area (Å²) >= 11 is 3.37. The smallest absolute Gasteiger partial charge is 0.276 e. The zero-order valence-electron chi connectivity index (χ0n) is 14.7. The molecule has 1 unspecified atom stereocenters. The third-order valence-corrected chi connectivity index (χ3v) is 5.46. The van der Waals surface area contributed by atoms with Crippen molar-refractivity contribution >= 4 is 39.0 Å². The van der Waals surface area contributed by atoms with Gasteiger partial charge in [-0.05, 0) is 33.6 Å². The molecule has 0 fully saturated rings. The maximum atomic E-state index is 13.6. The Balaban J connectivity index is 2.00. The average molecular weight is 434 g/mol. The molecule has 4 rings (SSSR count). The molecule has 3 aromatic rings. The SMILES string of the molecule is O=C1C(Br)=C(c2ccccc2)N(c2ccccc2)C(=O)C1(O)c1ccccc1. The summed E-state index contributed by atoms with van der Waals surface area (Å²) in [6.07, 6.45) is 0. The number of Topliss-reactive ketones (excluding diaryl/α,β-unsaturated/α-hetero) is 1. The highest BCUT2D eigenvalue weighted by molar-refractivity contribution is 9.12. The maximum absolute atomic E-state index is 13.6. The third-order valence-electron chi connectivity index (χ3n) is 4.73. The molecule has 1 aliphatic heterocycles. The zero-order chi connectivity index (χ0) is 19.7. The topological polar surface area (TPSA) is 57.6 Å². The quantitative estimate of drug-likeness (QED) is 0.627. The lowest BCUT2D eigenvalue weighted by molar-refractivity contribution is -0.149. The number of carbonyl (C=O) groups is 2. The number of halogens is 1. The summed E-state index contributed by atoms with van der Waals surface area (Å²) in [5.74, 6) is -1.40. The minimum Gasteiger partial charge on any atom is -0.369 e. The van der Waals surface area contributed by atoms with Crippen LogP contribution < -0.4 is 4.90 Å². The van der Waals surface area contributed by atoms with Crippen LogP contribution >= 0.6 is 15.9 Å². The summed E-state index contributed by atoms with van der Waals surface area (Å²) in [5, 5.41) is 11.3. The van der Waals surface area contributed by atoms with Crippen LogP contribution in [0.4, 0.5) is 5.69 Å². The van der Waals surface area contributed by atoms with Gasteiger partial charge in [-0.2, -0.15) is 0 Å². The number of para-hydroxylation sites is 1. The Morgan fingerprint density at radius 3 is 1.82 bits per heavy atom. The fraction of sp³-hybridized carbons (Fsp3) is 0.0435. The molecule has 1 heterocycles. The zero-order valence-corrected chi connectivity index (χ0v) is 16.3. The second-order valence-corrected chi connectivity index (χ2v) is 7.20. The van der Waals surface area contributed by atoms with Crippen molar-refractivity contribution in [3.05, 3.63) is 107 Å². The number of hydrogen-bond donors (Lipinski definition) is 1. The van der Waals surface area contributed by atoms with Crippen molar-refractivity contribution in [2.24, 2.45) is 0 Å². The lowest BCUT2D eigenvalue weighted by atomic mass is 9.83. The molecule has 0 radical (unpaired) electrons. The van der Waals surface area contributed by atoms with Crippen molar-refractivity contribution in [1.82, 2.24) is 0 Å². The number of hydrogen-bond acceptors (Lipinski definition) is 3. The number of amides is 1. The first kappa shape index (κ1) is 18.3. The van der Waals surface area contributed by atoms with Gasteiger partial charge >= 0.3 is 0 Å². The second kappa shape index (κ2) is 7.19. The number of carbonyl (C=O) groups excluding carboxylic acids is 2. The molecule has 1 atom stereocenters. The average Bonchev–Trinajstić information content (AvgIpc) is 2.76. The molecule has 5 heteroatoms. The Hall–Kier alpha value is -3.02. The molecule has 138 valence electrons. The highest BCUT2D eigenvalue weighted by Gasteiger charge is 2.54. The van der Waals surface area contributed by atoms with E-state index in [9.17, 15) is 14.7 Å². The van der Waals surface area contributed by atoms with Gasteiger partial charge in [0.25, 0.3) is 5.91 Å². The molecule has 0 spiro atoms. The Bertz CT molecular complexity index is 1060. The first-order valence-corrected chi connectivity index (χ1v) is 9.52. The van der Waals surface area contributed by atoms with Gasteiger partial charge in [-0.1, -0.05) is 78.9 Å². The van der Waals surface area contributed by atoms with Gasteiger partial charge in [0, 0.05) is 11.3 Å². The Morgan fingerprint density at radius 2 is 1.25 bits per heavy atom. The van der Waals surface area contributed by atoms with Crippen LogP contribution in [0.2, 0.25) is 0 Å². The van der Waals surface area contributed by atoms with E-state index >= 15 is 0 Å². The number of anilines is 1. The minimum absolute atomic E-state index is 0.147. The molecule has 0 aromatic heterocycles. The van der Waals surface area contributed by atoms with Crippen molar-refractivity contribution in [3.63, 3.8) is 0 Å². The van der Waals surface area contributed by atoms with Gasteiger partial charge in [0.05, 0.1) is 10.2 Å². The normalized spacial score (nSPS) is 19.9. The van der Waals surface area contributed by atoms with Crippen molar-refractivity contribution in [3.8, 4) is 0 Å². The molecule has 1 aliphatic rings. The summed E-state index contributed by atoms with van der Waals surface area (Å²) in [7, 11) is 0. The Kier molecular flexibility index (Phi) is 4.71. The van der Waals surface area contributed by atoms with Crippen LogP contribution in [0, 0.1) is 0 Å². The highest BCUT2D eigenvalue weighted by Crippen LogP contribution is 2.43. The fourth-order valence-electron chi connectivity index (χ4n) is 3.33.